The average Bonchev–Trinajstić information content (AvgIpc) is 2.24. The van der Waals surface area contributed by atoms with Crippen LogP contribution in [-0.4, -0.2) is 10.8 Å². The van der Waals surface area contributed by atoms with Crippen molar-refractivity contribution in [3.63, 3.8) is 0 Å². The zero-order chi connectivity index (χ0) is 11.6. The summed E-state index contributed by atoms with van der Waals surface area (Å²) < 4.78 is 0. The molecule has 16 heavy (non-hydrogen) atoms. The minimum atomic E-state index is -0.708. The second-order valence-corrected chi connectivity index (χ2v) is 4.48. The number of phenols is 1. The van der Waals surface area contributed by atoms with E-state index < -0.39 is 5.66 Å². The molecular formula is C13H18N2O. The van der Waals surface area contributed by atoms with E-state index in [0.29, 0.717) is 0 Å². The highest BCUT2D eigenvalue weighted by Crippen LogP contribution is 2.30. The van der Waals surface area contributed by atoms with Crippen LogP contribution in [0.25, 0.3) is 6.08 Å². The van der Waals surface area contributed by atoms with Crippen LogP contribution >= 0.6 is 0 Å². The van der Waals surface area contributed by atoms with E-state index in [1.807, 2.05) is 18.2 Å². The molecule has 0 amide bonds. The predicted molar refractivity (Wildman–Crippen MR) is 65.7 cm³/mol. The highest BCUT2D eigenvalue weighted by atomic mass is 16.3. The Hall–Kier alpha value is -1.32. The number of phenolic OH excluding ortho intramolecular Hbond substituents is 1. The van der Waals surface area contributed by atoms with Gasteiger partial charge in [0.15, 0.2) is 0 Å². The number of benzene rings is 1. The summed E-state index contributed by atoms with van der Waals surface area (Å²) in [5.41, 5.74) is 13.2. The Morgan fingerprint density at radius 2 is 1.94 bits per heavy atom. The van der Waals surface area contributed by atoms with E-state index in [1.165, 1.54) is 0 Å². The molecule has 5 N–H and O–H groups in total. The summed E-state index contributed by atoms with van der Waals surface area (Å²) in [6.07, 6.45) is 5.85. The van der Waals surface area contributed by atoms with Gasteiger partial charge in [0.1, 0.15) is 5.75 Å². The first-order valence-corrected chi connectivity index (χ1v) is 5.66. The summed E-state index contributed by atoms with van der Waals surface area (Å²) >= 11 is 0. The summed E-state index contributed by atoms with van der Waals surface area (Å²) in [6, 6.07) is 7.23. The summed E-state index contributed by atoms with van der Waals surface area (Å²) in [5, 5.41) is 9.69. The number of para-hydroxylation sites is 1. The molecule has 86 valence electrons. The fourth-order valence-electron chi connectivity index (χ4n) is 2.13. The van der Waals surface area contributed by atoms with Crippen molar-refractivity contribution in [1.82, 2.24) is 0 Å². The quantitative estimate of drug-likeness (QED) is 0.631. The molecule has 0 unspecified atom stereocenters. The molecule has 1 saturated carbocycles. The fourth-order valence-corrected chi connectivity index (χ4v) is 2.13. The molecule has 3 nitrogen and oxygen atoms in total. The Morgan fingerprint density at radius 1 is 1.19 bits per heavy atom. The smallest absolute Gasteiger partial charge is 0.122 e. The molecule has 0 aromatic heterocycles. The summed E-state index contributed by atoms with van der Waals surface area (Å²) in [4.78, 5) is 0. The van der Waals surface area contributed by atoms with Gasteiger partial charge in [-0.25, -0.2) is 0 Å². The van der Waals surface area contributed by atoms with Crippen molar-refractivity contribution < 1.29 is 5.11 Å². The lowest BCUT2D eigenvalue weighted by atomic mass is 9.84. The van der Waals surface area contributed by atoms with Gasteiger partial charge in [-0.05, 0) is 43.4 Å². The van der Waals surface area contributed by atoms with Gasteiger partial charge < -0.3 is 16.6 Å². The van der Waals surface area contributed by atoms with E-state index in [9.17, 15) is 5.11 Å². The van der Waals surface area contributed by atoms with E-state index in [4.69, 9.17) is 11.5 Å². The monoisotopic (exact) mass is 218 g/mol. The Kier molecular flexibility index (Phi) is 2.99. The van der Waals surface area contributed by atoms with E-state index in [2.05, 4.69) is 0 Å². The summed E-state index contributed by atoms with van der Waals surface area (Å²) in [7, 11) is 0. The number of aromatic hydroxyl groups is 1. The molecule has 1 aromatic rings. The fraction of sp³-hybridized carbons (Fsp3) is 0.385. The van der Waals surface area contributed by atoms with Gasteiger partial charge in [0.2, 0.25) is 0 Å². The third-order valence-electron chi connectivity index (χ3n) is 3.15. The minimum absolute atomic E-state index is 0.274. The zero-order valence-electron chi connectivity index (χ0n) is 9.32. The summed E-state index contributed by atoms with van der Waals surface area (Å²) in [5.74, 6) is 0.274. The lowest BCUT2D eigenvalue weighted by molar-refractivity contribution is 0.398. The molecule has 0 saturated heterocycles. The first-order chi connectivity index (χ1) is 7.59. The van der Waals surface area contributed by atoms with Crippen LogP contribution in [0.5, 0.6) is 5.75 Å². The Labute approximate surface area is 95.8 Å². The van der Waals surface area contributed by atoms with E-state index in [0.717, 1.165) is 36.8 Å². The van der Waals surface area contributed by atoms with Crippen molar-refractivity contribution in [1.29, 1.82) is 0 Å². The van der Waals surface area contributed by atoms with Crippen molar-refractivity contribution in [3.05, 3.63) is 35.4 Å². The maximum atomic E-state index is 9.69. The van der Waals surface area contributed by atoms with Crippen molar-refractivity contribution in [2.75, 3.05) is 0 Å². The lowest BCUT2D eigenvalue weighted by Gasteiger charge is -2.32. The largest absolute Gasteiger partial charge is 0.507 e. The molecule has 0 aliphatic heterocycles. The van der Waals surface area contributed by atoms with Crippen LogP contribution in [0.4, 0.5) is 0 Å². The minimum Gasteiger partial charge on any atom is -0.507 e. The van der Waals surface area contributed by atoms with Crippen molar-refractivity contribution in [2.24, 2.45) is 11.5 Å². The zero-order valence-corrected chi connectivity index (χ0v) is 9.32. The molecule has 1 aliphatic carbocycles. The molecule has 2 rings (SSSR count). The third-order valence-corrected chi connectivity index (χ3v) is 3.15. The molecule has 1 aromatic carbocycles. The molecule has 0 bridgehead atoms. The van der Waals surface area contributed by atoms with Gasteiger partial charge in [-0.3, -0.25) is 0 Å². The highest BCUT2D eigenvalue weighted by molar-refractivity contribution is 5.61. The number of nitrogens with two attached hydrogens (primary N) is 2. The topological polar surface area (TPSA) is 72.3 Å². The van der Waals surface area contributed by atoms with E-state index >= 15 is 0 Å². The Morgan fingerprint density at radius 3 is 2.62 bits per heavy atom. The van der Waals surface area contributed by atoms with Gasteiger partial charge in [0.25, 0.3) is 0 Å². The van der Waals surface area contributed by atoms with Gasteiger partial charge in [-0.15, -0.1) is 0 Å². The van der Waals surface area contributed by atoms with Crippen LogP contribution in [0, 0.1) is 0 Å². The number of hydrogen-bond acceptors (Lipinski definition) is 3. The Balaban J connectivity index is 2.33. The molecule has 3 heteroatoms. The van der Waals surface area contributed by atoms with Gasteiger partial charge >= 0.3 is 0 Å². The van der Waals surface area contributed by atoms with Crippen LogP contribution in [0.3, 0.4) is 0 Å². The molecule has 1 aliphatic rings. The first-order valence-electron chi connectivity index (χ1n) is 5.66. The van der Waals surface area contributed by atoms with Crippen molar-refractivity contribution >= 4 is 6.08 Å². The number of hydrogen-bond donors (Lipinski definition) is 3. The van der Waals surface area contributed by atoms with E-state index in [-0.39, 0.29) is 5.75 Å². The Bertz CT molecular complexity index is 410. The van der Waals surface area contributed by atoms with Crippen LogP contribution in [0.1, 0.15) is 31.2 Å². The standard InChI is InChI=1S/C13H18N2O/c14-13(15)8-4-3-6-11(13)9-10-5-1-2-7-12(10)16/h1-2,5,7,9,16H,3-4,6,8,14-15H2/b11-9+. The SMILES string of the molecule is NC1(N)CCCC/C1=C\c1ccccc1O. The van der Waals surface area contributed by atoms with Crippen molar-refractivity contribution in [2.45, 2.75) is 31.3 Å². The van der Waals surface area contributed by atoms with Crippen LogP contribution in [0.15, 0.2) is 29.8 Å². The van der Waals surface area contributed by atoms with E-state index in [1.54, 1.807) is 12.1 Å². The molecule has 1 fully saturated rings. The predicted octanol–water partition coefficient (Wildman–Crippen LogP) is 1.96. The van der Waals surface area contributed by atoms with Crippen LogP contribution < -0.4 is 11.5 Å². The lowest BCUT2D eigenvalue weighted by Crippen LogP contribution is -2.52. The van der Waals surface area contributed by atoms with Gasteiger partial charge in [-0.2, -0.15) is 0 Å². The average molecular weight is 218 g/mol. The molecule has 0 spiro atoms. The second kappa shape index (κ2) is 4.28. The maximum Gasteiger partial charge on any atom is 0.122 e. The molecular weight excluding hydrogens is 200 g/mol. The van der Waals surface area contributed by atoms with Crippen molar-refractivity contribution in [3.8, 4) is 5.75 Å². The van der Waals surface area contributed by atoms with Crippen LogP contribution in [0.2, 0.25) is 0 Å². The van der Waals surface area contributed by atoms with Gasteiger partial charge in [-0.1, -0.05) is 18.2 Å². The van der Waals surface area contributed by atoms with Crippen LogP contribution in [-0.2, 0) is 0 Å². The second-order valence-electron chi connectivity index (χ2n) is 4.48. The molecule has 0 atom stereocenters. The van der Waals surface area contributed by atoms with Gasteiger partial charge in [0, 0.05) is 5.56 Å². The third kappa shape index (κ3) is 2.26. The summed E-state index contributed by atoms with van der Waals surface area (Å²) in [6.45, 7) is 0. The molecule has 0 heterocycles. The van der Waals surface area contributed by atoms with Gasteiger partial charge in [0.05, 0.1) is 5.66 Å². The highest BCUT2D eigenvalue weighted by Gasteiger charge is 2.27. The first kappa shape index (κ1) is 11.2. The number of rotatable bonds is 1. The maximum absolute atomic E-state index is 9.69. The molecule has 0 radical (unpaired) electrons. The normalized spacial score (nSPS) is 22.2.